The van der Waals surface area contributed by atoms with Gasteiger partial charge in [0.15, 0.2) is 0 Å². The average molecular weight is 356 g/mol. The van der Waals surface area contributed by atoms with Gasteiger partial charge in [0.2, 0.25) is 0 Å². The molecule has 2 aromatic carbocycles. The lowest BCUT2D eigenvalue weighted by atomic mass is 10.00. The van der Waals surface area contributed by atoms with Crippen LogP contribution in [0.15, 0.2) is 48.5 Å². The number of carbonyl (C=O) groups excluding carboxylic acids is 1. The minimum absolute atomic E-state index is 0.0174. The van der Waals surface area contributed by atoms with Gasteiger partial charge in [-0.1, -0.05) is 18.2 Å². The maximum absolute atomic E-state index is 13.6. The number of halogens is 1. The molecular weight excluding hydrogens is 335 g/mol. The Morgan fingerprint density at radius 3 is 2.73 bits per heavy atom. The van der Waals surface area contributed by atoms with Crippen LogP contribution in [0, 0.1) is 5.82 Å². The molecule has 2 aromatic rings. The van der Waals surface area contributed by atoms with E-state index in [1.165, 1.54) is 12.1 Å². The van der Waals surface area contributed by atoms with Crippen LogP contribution in [0.4, 0.5) is 10.1 Å². The minimum Gasteiger partial charge on any atom is -0.508 e. The number of carbonyl (C=O) groups is 1. The molecule has 1 amide bonds. The van der Waals surface area contributed by atoms with Crippen LogP contribution in [0.25, 0.3) is 0 Å². The van der Waals surface area contributed by atoms with Crippen molar-refractivity contribution >= 4 is 11.6 Å². The summed E-state index contributed by atoms with van der Waals surface area (Å²) in [6.07, 6.45) is 0.824. The molecule has 26 heavy (non-hydrogen) atoms. The van der Waals surface area contributed by atoms with Gasteiger partial charge in [0.1, 0.15) is 23.8 Å². The fraction of sp³-hybridized carbons (Fsp3) is 0.350. The van der Waals surface area contributed by atoms with E-state index < -0.39 is 5.60 Å². The van der Waals surface area contributed by atoms with Gasteiger partial charge in [0.05, 0.1) is 6.54 Å². The molecule has 2 aliphatic rings. The summed E-state index contributed by atoms with van der Waals surface area (Å²) < 4.78 is 19.5. The smallest absolute Gasteiger partial charge is 0.253 e. The minimum atomic E-state index is -0.419. The van der Waals surface area contributed by atoms with Gasteiger partial charge in [-0.2, -0.15) is 0 Å². The van der Waals surface area contributed by atoms with Crippen LogP contribution >= 0.6 is 0 Å². The first-order valence-electron chi connectivity index (χ1n) is 8.73. The third kappa shape index (κ3) is 3.43. The number of ether oxygens (including phenoxy) is 1. The Hall–Kier alpha value is -2.44. The van der Waals surface area contributed by atoms with Crippen molar-refractivity contribution < 1.29 is 19.0 Å². The maximum Gasteiger partial charge on any atom is 0.253 e. The summed E-state index contributed by atoms with van der Waals surface area (Å²) in [5.41, 5.74) is 1.28. The predicted octanol–water partition coefficient (Wildman–Crippen LogP) is 2.54. The Kier molecular flexibility index (Phi) is 4.38. The first kappa shape index (κ1) is 17.0. The van der Waals surface area contributed by atoms with E-state index in [2.05, 4.69) is 4.90 Å². The summed E-state index contributed by atoms with van der Waals surface area (Å²) in [7, 11) is 0. The molecule has 1 unspecified atom stereocenters. The van der Waals surface area contributed by atoms with Gasteiger partial charge >= 0.3 is 0 Å². The molecule has 1 N–H and O–H groups in total. The topological polar surface area (TPSA) is 53.0 Å². The van der Waals surface area contributed by atoms with Gasteiger partial charge in [-0.25, -0.2) is 4.39 Å². The molecule has 0 radical (unpaired) electrons. The summed E-state index contributed by atoms with van der Waals surface area (Å²) in [5, 5.41) is 9.40. The highest BCUT2D eigenvalue weighted by atomic mass is 19.1. The Morgan fingerprint density at radius 1 is 1.15 bits per heavy atom. The fourth-order valence-electron chi connectivity index (χ4n) is 3.76. The number of anilines is 1. The number of hydrogen-bond donors (Lipinski definition) is 1. The Balaban J connectivity index is 1.47. The lowest BCUT2D eigenvalue weighted by Gasteiger charge is -2.40. The van der Waals surface area contributed by atoms with E-state index in [-0.39, 0.29) is 24.1 Å². The van der Waals surface area contributed by atoms with Crippen molar-refractivity contribution in [3.8, 4) is 5.75 Å². The number of rotatable bonds is 3. The molecule has 2 heterocycles. The Labute approximate surface area is 151 Å². The van der Waals surface area contributed by atoms with Crippen LogP contribution in [0.1, 0.15) is 12.0 Å². The number of aromatic hydroxyl groups is 1. The van der Waals surface area contributed by atoms with Gasteiger partial charge < -0.3 is 14.7 Å². The van der Waals surface area contributed by atoms with Gasteiger partial charge in [-0.3, -0.25) is 9.69 Å². The lowest BCUT2D eigenvalue weighted by molar-refractivity contribution is -0.137. The zero-order chi connectivity index (χ0) is 18.1. The number of hydrogen-bond acceptors (Lipinski definition) is 4. The molecule has 1 atom stereocenters. The van der Waals surface area contributed by atoms with Gasteiger partial charge in [-0.15, -0.1) is 0 Å². The monoisotopic (exact) mass is 356 g/mol. The van der Waals surface area contributed by atoms with Crippen LogP contribution in [-0.2, 0) is 16.1 Å². The van der Waals surface area contributed by atoms with E-state index >= 15 is 0 Å². The fourth-order valence-corrected chi connectivity index (χ4v) is 3.76. The summed E-state index contributed by atoms with van der Waals surface area (Å²) in [5.74, 6) is -0.235. The molecule has 1 spiro atoms. The second-order valence-corrected chi connectivity index (χ2v) is 7.06. The highest BCUT2D eigenvalue weighted by Gasteiger charge is 2.45. The normalized spacial score (nSPS) is 23.7. The van der Waals surface area contributed by atoms with Crippen LogP contribution in [-0.4, -0.2) is 47.8 Å². The van der Waals surface area contributed by atoms with Crippen molar-refractivity contribution in [3.05, 3.63) is 59.9 Å². The quantitative estimate of drug-likeness (QED) is 0.918. The van der Waals surface area contributed by atoms with E-state index in [9.17, 15) is 14.3 Å². The van der Waals surface area contributed by atoms with Crippen molar-refractivity contribution in [1.82, 2.24) is 4.90 Å². The number of benzene rings is 2. The molecule has 2 aliphatic heterocycles. The zero-order valence-electron chi connectivity index (χ0n) is 14.4. The molecular formula is C20H21FN2O3. The third-order valence-corrected chi connectivity index (χ3v) is 5.11. The van der Waals surface area contributed by atoms with E-state index in [4.69, 9.17) is 4.74 Å². The Bertz CT molecular complexity index is 811. The number of nitrogens with zero attached hydrogens (tertiary/aromatic N) is 2. The molecule has 136 valence electrons. The first-order chi connectivity index (χ1) is 12.5. The molecule has 5 nitrogen and oxygen atoms in total. The van der Waals surface area contributed by atoms with Crippen molar-refractivity contribution in [2.45, 2.75) is 18.6 Å². The second kappa shape index (κ2) is 6.70. The first-order valence-corrected chi connectivity index (χ1v) is 8.73. The second-order valence-electron chi connectivity index (χ2n) is 7.06. The van der Waals surface area contributed by atoms with Gasteiger partial charge in [0, 0.05) is 25.3 Å². The number of amides is 1. The van der Waals surface area contributed by atoms with E-state index in [0.717, 1.165) is 25.1 Å². The number of morpholine rings is 1. The molecule has 6 heteroatoms. The molecule has 4 rings (SSSR count). The molecule has 0 aliphatic carbocycles. The van der Waals surface area contributed by atoms with Crippen LogP contribution in [0.3, 0.4) is 0 Å². The lowest BCUT2D eigenvalue weighted by Crippen LogP contribution is -2.56. The number of phenolic OH excluding ortho intramolecular Hbond substituents is 1. The molecule has 0 bridgehead atoms. The van der Waals surface area contributed by atoms with Crippen molar-refractivity contribution in [2.75, 3.05) is 31.1 Å². The van der Waals surface area contributed by atoms with E-state index in [0.29, 0.717) is 18.8 Å². The number of likely N-dealkylation sites (tertiary alicyclic amines) is 1. The van der Waals surface area contributed by atoms with E-state index in [1.807, 2.05) is 12.1 Å². The van der Waals surface area contributed by atoms with E-state index in [1.54, 1.807) is 29.2 Å². The summed E-state index contributed by atoms with van der Waals surface area (Å²) in [6, 6.07) is 13.3. The van der Waals surface area contributed by atoms with Crippen molar-refractivity contribution in [2.24, 2.45) is 0 Å². The Morgan fingerprint density at radius 2 is 1.96 bits per heavy atom. The van der Waals surface area contributed by atoms with Crippen LogP contribution in [0.2, 0.25) is 0 Å². The predicted molar refractivity (Wildman–Crippen MR) is 95.4 cm³/mol. The largest absolute Gasteiger partial charge is 0.508 e. The standard InChI is InChI=1S/C20H21FN2O3/c21-16-2-1-3-17(10-16)23-14-20(26-12-19(23)25)8-9-22(13-20)11-15-4-6-18(24)7-5-15/h1-7,10,24H,8-9,11-14H2. The van der Waals surface area contributed by atoms with Gasteiger partial charge in [-0.05, 0) is 42.3 Å². The van der Waals surface area contributed by atoms with Crippen LogP contribution in [0.5, 0.6) is 5.75 Å². The SMILES string of the molecule is O=C1COC2(CCN(Cc3ccc(O)cc3)C2)CN1c1cccc(F)c1. The van der Waals surface area contributed by atoms with Crippen molar-refractivity contribution in [1.29, 1.82) is 0 Å². The summed E-state index contributed by atoms with van der Waals surface area (Å²) >= 11 is 0. The summed E-state index contributed by atoms with van der Waals surface area (Å²) in [6.45, 7) is 2.79. The molecule has 2 fully saturated rings. The highest BCUT2D eigenvalue weighted by Crippen LogP contribution is 2.33. The van der Waals surface area contributed by atoms with Gasteiger partial charge in [0.25, 0.3) is 5.91 Å². The summed E-state index contributed by atoms with van der Waals surface area (Å²) in [4.78, 5) is 16.2. The van der Waals surface area contributed by atoms with Crippen LogP contribution < -0.4 is 4.90 Å². The maximum atomic E-state index is 13.6. The molecule has 0 saturated carbocycles. The molecule has 0 aromatic heterocycles. The third-order valence-electron chi connectivity index (χ3n) is 5.11. The zero-order valence-corrected chi connectivity index (χ0v) is 14.4. The highest BCUT2D eigenvalue weighted by molar-refractivity contribution is 5.95. The molecule has 2 saturated heterocycles. The van der Waals surface area contributed by atoms with Crippen molar-refractivity contribution in [3.63, 3.8) is 0 Å². The number of phenols is 1. The average Bonchev–Trinajstić information content (AvgIpc) is 3.02.